The average molecular weight is 462 g/mol. The lowest BCUT2D eigenvalue weighted by Crippen LogP contribution is -2.29. The third-order valence-corrected chi connectivity index (χ3v) is 6.73. The van der Waals surface area contributed by atoms with E-state index in [2.05, 4.69) is 31.0 Å². The van der Waals surface area contributed by atoms with E-state index in [0.717, 1.165) is 16.1 Å². The van der Waals surface area contributed by atoms with Gasteiger partial charge in [0.25, 0.3) is 5.91 Å². The van der Waals surface area contributed by atoms with Crippen LogP contribution in [0.5, 0.6) is 5.75 Å². The third kappa shape index (κ3) is 3.41. The normalized spacial score (nSPS) is 15.8. The third-order valence-electron chi connectivity index (χ3n) is 5.89. The van der Waals surface area contributed by atoms with Crippen molar-refractivity contribution in [3.05, 3.63) is 80.1 Å². The van der Waals surface area contributed by atoms with Gasteiger partial charge in [0.1, 0.15) is 16.3 Å². The first kappa shape index (κ1) is 21.3. The minimum absolute atomic E-state index is 0.0216. The molecule has 1 amide bonds. The van der Waals surface area contributed by atoms with Crippen molar-refractivity contribution in [2.45, 2.75) is 39.2 Å². The summed E-state index contributed by atoms with van der Waals surface area (Å²) in [5.74, 6) is 0.161. The molecule has 2 aromatic carbocycles. The summed E-state index contributed by atoms with van der Waals surface area (Å²) in [6.07, 6.45) is 0. The summed E-state index contributed by atoms with van der Waals surface area (Å²) in [5.41, 5.74) is 2.33. The Bertz CT molecular complexity index is 1450. The number of methoxy groups -OCH3 is 1. The Morgan fingerprint density at radius 1 is 1.06 bits per heavy atom. The van der Waals surface area contributed by atoms with Crippen molar-refractivity contribution in [3.8, 4) is 5.75 Å². The van der Waals surface area contributed by atoms with Crippen LogP contribution in [-0.2, 0) is 5.41 Å². The van der Waals surface area contributed by atoms with Gasteiger partial charge in [-0.05, 0) is 35.6 Å². The lowest BCUT2D eigenvalue weighted by molar-refractivity contribution is 0.0970. The van der Waals surface area contributed by atoms with Crippen molar-refractivity contribution >= 4 is 33.3 Å². The average Bonchev–Trinajstić information content (AvgIpc) is 3.34. The minimum Gasteiger partial charge on any atom is -0.497 e. The number of hydrogen-bond acceptors (Lipinski definition) is 7. The Balaban J connectivity index is 1.76. The van der Waals surface area contributed by atoms with Crippen molar-refractivity contribution in [2.24, 2.45) is 0 Å². The number of hydrogen-bond donors (Lipinski definition) is 0. The first-order valence-electron chi connectivity index (χ1n) is 10.6. The highest BCUT2D eigenvalue weighted by atomic mass is 32.1. The van der Waals surface area contributed by atoms with E-state index in [1.807, 2.05) is 31.2 Å². The van der Waals surface area contributed by atoms with Crippen LogP contribution in [0.1, 0.15) is 59.1 Å². The summed E-state index contributed by atoms with van der Waals surface area (Å²) in [7, 11) is 1.54. The summed E-state index contributed by atoms with van der Waals surface area (Å²) < 4.78 is 11.3. The van der Waals surface area contributed by atoms with Gasteiger partial charge in [-0.3, -0.25) is 14.5 Å². The molecule has 7 nitrogen and oxygen atoms in total. The van der Waals surface area contributed by atoms with Crippen molar-refractivity contribution in [3.63, 3.8) is 0 Å². The van der Waals surface area contributed by atoms with Gasteiger partial charge in [-0.2, -0.15) is 0 Å². The van der Waals surface area contributed by atoms with E-state index in [0.29, 0.717) is 27.4 Å². The molecule has 1 aliphatic rings. The van der Waals surface area contributed by atoms with E-state index in [1.54, 1.807) is 18.2 Å². The lowest BCUT2D eigenvalue weighted by Gasteiger charge is -2.24. The van der Waals surface area contributed by atoms with Gasteiger partial charge in [-0.15, -0.1) is 10.2 Å². The Morgan fingerprint density at radius 2 is 1.79 bits per heavy atom. The topological polar surface area (TPSA) is 85.5 Å². The number of nitrogens with zero attached hydrogens (tertiary/aromatic N) is 3. The quantitative estimate of drug-likeness (QED) is 0.426. The zero-order valence-corrected chi connectivity index (χ0v) is 19.8. The highest BCUT2D eigenvalue weighted by Crippen LogP contribution is 2.42. The van der Waals surface area contributed by atoms with Gasteiger partial charge in [0.05, 0.1) is 24.1 Å². The van der Waals surface area contributed by atoms with E-state index in [4.69, 9.17) is 9.15 Å². The Labute approximate surface area is 194 Å². The van der Waals surface area contributed by atoms with Gasteiger partial charge in [-0.1, -0.05) is 56.4 Å². The predicted molar refractivity (Wildman–Crippen MR) is 127 cm³/mol. The van der Waals surface area contributed by atoms with E-state index in [9.17, 15) is 9.59 Å². The first-order valence-corrected chi connectivity index (χ1v) is 11.4. The number of aryl methyl sites for hydroxylation is 1. The molecule has 0 radical (unpaired) electrons. The minimum atomic E-state index is -0.656. The molecular formula is C25H23N3O4S. The van der Waals surface area contributed by atoms with Crippen LogP contribution in [0.25, 0.3) is 11.0 Å². The van der Waals surface area contributed by atoms with E-state index in [1.165, 1.54) is 23.3 Å². The molecule has 0 spiro atoms. The molecule has 0 saturated heterocycles. The molecule has 2 aromatic heterocycles. The molecule has 0 fully saturated rings. The molecule has 1 aliphatic heterocycles. The van der Waals surface area contributed by atoms with Crippen LogP contribution in [0.3, 0.4) is 0 Å². The number of aromatic nitrogens is 2. The number of amides is 1. The standard InChI is InChI=1S/C25H23N3O4S/c1-13-26-27-24(33-13)28-20(14-6-8-15(9-7-14)25(2,3)4)19-21(29)17-11-10-16(31-5)12-18(17)32-22(19)23(28)30/h6-12,20H,1-5H3. The van der Waals surface area contributed by atoms with Crippen LogP contribution in [0.15, 0.2) is 51.7 Å². The summed E-state index contributed by atoms with van der Waals surface area (Å²) in [4.78, 5) is 28.7. The second kappa shape index (κ2) is 7.52. The fourth-order valence-electron chi connectivity index (χ4n) is 4.14. The molecule has 5 rings (SSSR count). The highest BCUT2D eigenvalue weighted by Gasteiger charge is 2.45. The smallest absolute Gasteiger partial charge is 0.297 e. The fourth-order valence-corrected chi connectivity index (χ4v) is 4.85. The van der Waals surface area contributed by atoms with Crippen LogP contribution >= 0.6 is 11.3 Å². The molecule has 1 unspecified atom stereocenters. The molecule has 0 N–H and O–H groups in total. The van der Waals surface area contributed by atoms with Crippen LogP contribution < -0.4 is 15.1 Å². The number of carbonyl (C=O) groups is 1. The van der Waals surface area contributed by atoms with Gasteiger partial charge in [0.2, 0.25) is 10.9 Å². The van der Waals surface area contributed by atoms with E-state index in [-0.39, 0.29) is 16.6 Å². The molecular weight excluding hydrogens is 438 g/mol. The lowest BCUT2D eigenvalue weighted by atomic mass is 9.86. The van der Waals surface area contributed by atoms with Crippen molar-refractivity contribution in [1.82, 2.24) is 10.2 Å². The number of fused-ring (bicyclic) bond motifs is 2. The fraction of sp³-hybridized carbons (Fsp3) is 0.280. The van der Waals surface area contributed by atoms with Gasteiger partial charge < -0.3 is 9.15 Å². The second-order valence-electron chi connectivity index (χ2n) is 9.09. The Hall–Kier alpha value is -3.52. The van der Waals surface area contributed by atoms with Gasteiger partial charge >= 0.3 is 0 Å². The summed E-state index contributed by atoms with van der Waals surface area (Å²) >= 11 is 1.30. The maximum absolute atomic E-state index is 13.6. The molecule has 3 heterocycles. The molecule has 4 aromatic rings. The summed E-state index contributed by atoms with van der Waals surface area (Å²) in [6, 6.07) is 12.3. The van der Waals surface area contributed by atoms with Crippen molar-refractivity contribution in [1.29, 1.82) is 0 Å². The molecule has 1 atom stereocenters. The van der Waals surface area contributed by atoms with Crippen LogP contribution in [0.4, 0.5) is 5.13 Å². The molecule has 8 heteroatoms. The maximum Gasteiger partial charge on any atom is 0.297 e. The van der Waals surface area contributed by atoms with Crippen LogP contribution in [-0.4, -0.2) is 23.2 Å². The van der Waals surface area contributed by atoms with Crippen molar-refractivity contribution < 1.29 is 13.9 Å². The number of anilines is 1. The summed E-state index contributed by atoms with van der Waals surface area (Å²) in [6.45, 7) is 8.25. The van der Waals surface area contributed by atoms with Gasteiger partial charge in [0.15, 0.2) is 5.43 Å². The highest BCUT2D eigenvalue weighted by molar-refractivity contribution is 7.15. The largest absolute Gasteiger partial charge is 0.497 e. The molecule has 0 saturated carbocycles. The van der Waals surface area contributed by atoms with E-state index < -0.39 is 11.9 Å². The monoisotopic (exact) mass is 461 g/mol. The predicted octanol–water partition coefficient (Wildman–Crippen LogP) is 5.01. The SMILES string of the molecule is COc1ccc2c(=O)c3c(oc2c1)C(=O)N(c1nnc(C)s1)C3c1ccc(C(C)(C)C)cc1. The Morgan fingerprint density at radius 3 is 2.39 bits per heavy atom. The van der Waals surface area contributed by atoms with Gasteiger partial charge in [0, 0.05) is 6.07 Å². The maximum atomic E-state index is 13.6. The van der Waals surface area contributed by atoms with E-state index >= 15 is 0 Å². The molecule has 0 bridgehead atoms. The molecule has 33 heavy (non-hydrogen) atoms. The Kier molecular flexibility index (Phi) is 4.86. The molecule has 0 aliphatic carbocycles. The number of rotatable bonds is 3. The van der Waals surface area contributed by atoms with Crippen LogP contribution in [0.2, 0.25) is 0 Å². The number of carbonyl (C=O) groups excluding carboxylic acids is 1. The zero-order chi connectivity index (χ0) is 23.5. The zero-order valence-electron chi connectivity index (χ0n) is 19.0. The molecule has 168 valence electrons. The van der Waals surface area contributed by atoms with Crippen LogP contribution in [0, 0.1) is 6.92 Å². The van der Waals surface area contributed by atoms with Gasteiger partial charge in [-0.25, -0.2) is 0 Å². The number of benzene rings is 2. The number of ether oxygens (including phenoxy) is 1. The summed E-state index contributed by atoms with van der Waals surface area (Å²) in [5, 5.41) is 9.83. The second-order valence-corrected chi connectivity index (χ2v) is 10.2. The van der Waals surface area contributed by atoms with Crippen molar-refractivity contribution in [2.75, 3.05) is 12.0 Å². The first-order chi connectivity index (χ1) is 15.7.